The van der Waals surface area contributed by atoms with Crippen molar-refractivity contribution in [1.82, 2.24) is 9.97 Å². The van der Waals surface area contributed by atoms with Gasteiger partial charge in [0.1, 0.15) is 10.5 Å². The number of hydrogen-bond donors (Lipinski definition) is 2. The minimum absolute atomic E-state index is 0.0770. The zero-order valence-corrected chi connectivity index (χ0v) is 13.1. The molecule has 102 valence electrons. The van der Waals surface area contributed by atoms with Gasteiger partial charge >= 0.3 is 0 Å². The first-order valence-corrected chi connectivity index (χ1v) is 7.77. The summed E-state index contributed by atoms with van der Waals surface area (Å²) in [4.78, 5) is 19.1. The highest BCUT2D eigenvalue weighted by molar-refractivity contribution is 9.10. The van der Waals surface area contributed by atoms with E-state index < -0.39 is 0 Å². The summed E-state index contributed by atoms with van der Waals surface area (Å²) in [5.41, 5.74) is 2.84. The molecule has 0 saturated carbocycles. The van der Waals surface area contributed by atoms with Gasteiger partial charge in [0.15, 0.2) is 0 Å². The van der Waals surface area contributed by atoms with E-state index in [4.69, 9.17) is 0 Å². The van der Waals surface area contributed by atoms with Crippen molar-refractivity contribution in [1.29, 1.82) is 0 Å². The van der Waals surface area contributed by atoms with Crippen LogP contribution in [0.25, 0.3) is 10.2 Å². The number of hydrogen-bond acceptors (Lipinski definition) is 4. The van der Waals surface area contributed by atoms with Crippen molar-refractivity contribution in [3.05, 3.63) is 55.9 Å². The van der Waals surface area contributed by atoms with Crippen LogP contribution in [0.15, 0.2) is 38.9 Å². The SMILES string of the molecule is Cc1ccc(NCc2nc3ccsc3c(=O)[nH]2)cc1Br. The third-order valence-corrected chi connectivity index (χ3v) is 4.75. The molecule has 6 heteroatoms. The fourth-order valence-electron chi connectivity index (χ4n) is 1.89. The van der Waals surface area contributed by atoms with Gasteiger partial charge in [0.2, 0.25) is 0 Å². The fourth-order valence-corrected chi connectivity index (χ4v) is 3.00. The number of fused-ring (bicyclic) bond motifs is 1. The summed E-state index contributed by atoms with van der Waals surface area (Å²) >= 11 is 4.91. The Morgan fingerprint density at radius 3 is 3.05 bits per heavy atom. The largest absolute Gasteiger partial charge is 0.378 e. The quantitative estimate of drug-likeness (QED) is 0.758. The lowest BCUT2D eigenvalue weighted by Gasteiger charge is -2.07. The molecular weight excluding hydrogens is 338 g/mol. The summed E-state index contributed by atoms with van der Waals surface area (Å²) in [7, 11) is 0. The van der Waals surface area contributed by atoms with E-state index in [2.05, 4.69) is 31.2 Å². The van der Waals surface area contributed by atoms with Gasteiger partial charge < -0.3 is 10.3 Å². The number of benzene rings is 1. The highest BCUT2D eigenvalue weighted by Gasteiger charge is 2.05. The van der Waals surface area contributed by atoms with Gasteiger partial charge in [-0.3, -0.25) is 4.79 Å². The Kier molecular flexibility index (Phi) is 3.58. The standard InChI is InChI=1S/C14H12BrN3OS/c1-8-2-3-9(6-10(8)15)16-7-12-17-11-4-5-20-13(11)14(19)18-12/h2-6,16H,7H2,1H3,(H,17,18,19). The summed E-state index contributed by atoms with van der Waals surface area (Å²) in [5.74, 6) is 0.637. The molecule has 0 aliphatic carbocycles. The van der Waals surface area contributed by atoms with Crippen molar-refractivity contribution in [2.45, 2.75) is 13.5 Å². The van der Waals surface area contributed by atoms with Gasteiger partial charge in [-0.25, -0.2) is 4.98 Å². The minimum Gasteiger partial charge on any atom is -0.378 e. The summed E-state index contributed by atoms with van der Waals surface area (Å²) in [5, 5.41) is 5.13. The fraction of sp³-hybridized carbons (Fsp3) is 0.143. The van der Waals surface area contributed by atoms with Crippen molar-refractivity contribution in [3.63, 3.8) is 0 Å². The van der Waals surface area contributed by atoms with Crippen LogP contribution in [0.4, 0.5) is 5.69 Å². The summed E-state index contributed by atoms with van der Waals surface area (Å²) in [6.45, 7) is 2.52. The molecule has 4 nitrogen and oxygen atoms in total. The molecule has 0 aliphatic rings. The predicted octanol–water partition coefficient (Wildman–Crippen LogP) is 3.67. The van der Waals surface area contributed by atoms with Gasteiger partial charge in [-0.15, -0.1) is 11.3 Å². The monoisotopic (exact) mass is 349 g/mol. The number of aromatic nitrogens is 2. The molecule has 0 saturated heterocycles. The number of H-pyrrole nitrogens is 1. The second-order valence-corrected chi connectivity index (χ2v) is 6.24. The third-order valence-electron chi connectivity index (χ3n) is 3.00. The maximum absolute atomic E-state index is 11.9. The van der Waals surface area contributed by atoms with Crippen molar-refractivity contribution in [2.24, 2.45) is 0 Å². The van der Waals surface area contributed by atoms with E-state index in [1.54, 1.807) is 0 Å². The third kappa shape index (κ3) is 2.62. The number of thiophene rings is 1. The van der Waals surface area contributed by atoms with E-state index in [0.717, 1.165) is 15.7 Å². The number of nitrogens with zero attached hydrogens (tertiary/aromatic N) is 1. The molecule has 2 heterocycles. The van der Waals surface area contributed by atoms with Gasteiger partial charge in [0, 0.05) is 10.2 Å². The smallest absolute Gasteiger partial charge is 0.268 e. The Labute approximate surface area is 128 Å². The zero-order valence-electron chi connectivity index (χ0n) is 10.7. The number of nitrogens with one attached hydrogen (secondary N) is 2. The number of aryl methyl sites for hydroxylation is 1. The van der Waals surface area contributed by atoms with Gasteiger partial charge in [-0.05, 0) is 36.1 Å². The zero-order chi connectivity index (χ0) is 14.1. The van der Waals surface area contributed by atoms with Crippen LogP contribution in [0, 0.1) is 6.92 Å². The van der Waals surface area contributed by atoms with Gasteiger partial charge in [-0.1, -0.05) is 22.0 Å². The Hall–Kier alpha value is -1.66. The Morgan fingerprint density at radius 1 is 1.40 bits per heavy atom. The summed E-state index contributed by atoms with van der Waals surface area (Å²) in [6, 6.07) is 7.91. The lowest BCUT2D eigenvalue weighted by molar-refractivity contribution is 0.955. The average molecular weight is 350 g/mol. The van der Waals surface area contributed by atoms with Crippen molar-refractivity contribution < 1.29 is 0 Å². The van der Waals surface area contributed by atoms with Crippen molar-refractivity contribution >= 4 is 43.2 Å². The molecule has 2 aromatic heterocycles. The molecule has 20 heavy (non-hydrogen) atoms. The van der Waals surface area contributed by atoms with Crippen molar-refractivity contribution in [2.75, 3.05) is 5.32 Å². The Balaban J connectivity index is 1.82. The summed E-state index contributed by atoms with van der Waals surface area (Å²) in [6.07, 6.45) is 0. The lowest BCUT2D eigenvalue weighted by atomic mass is 10.2. The van der Waals surface area contributed by atoms with Crippen LogP contribution in [0.2, 0.25) is 0 Å². The highest BCUT2D eigenvalue weighted by atomic mass is 79.9. The molecular formula is C14H12BrN3OS. The maximum atomic E-state index is 11.9. The molecule has 0 unspecified atom stereocenters. The van der Waals surface area contributed by atoms with E-state index in [-0.39, 0.29) is 5.56 Å². The van der Waals surface area contributed by atoms with Crippen LogP contribution in [-0.4, -0.2) is 9.97 Å². The van der Waals surface area contributed by atoms with Gasteiger partial charge in [0.05, 0.1) is 12.1 Å². The molecule has 0 radical (unpaired) electrons. The van der Waals surface area contributed by atoms with E-state index >= 15 is 0 Å². The summed E-state index contributed by atoms with van der Waals surface area (Å²) < 4.78 is 1.73. The van der Waals surface area contributed by atoms with E-state index in [0.29, 0.717) is 17.1 Å². The molecule has 2 N–H and O–H groups in total. The lowest BCUT2D eigenvalue weighted by Crippen LogP contribution is -2.13. The Bertz CT molecular complexity index is 825. The van der Waals surface area contributed by atoms with E-state index in [1.807, 2.05) is 36.6 Å². The van der Waals surface area contributed by atoms with E-state index in [1.165, 1.54) is 16.9 Å². The van der Waals surface area contributed by atoms with Crippen LogP contribution in [0.1, 0.15) is 11.4 Å². The number of aromatic amines is 1. The second kappa shape index (κ2) is 5.38. The molecule has 0 atom stereocenters. The second-order valence-electron chi connectivity index (χ2n) is 4.47. The van der Waals surface area contributed by atoms with Crippen molar-refractivity contribution in [3.8, 4) is 0 Å². The highest BCUT2D eigenvalue weighted by Crippen LogP contribution is 2.21. The molecule has 0 spiro atoms. The first-order valence-electron chi connectivity index (χ1n) is 6.10. The van der Waals surface area contributed by atoms with Crippen LogP contribution in [0.5, 0.6) is 0 Å². The first kappa shape index (κ1) is 13.3. The molecule has 0 amide bonds. The minimum atomic E-state index is -0.0770. The molecule has 0 fully saturated rings. The molecule has 0 bridgehead atoms. The maximum Gasteiger partial charge on any atom is 0.268 e. The molecule has 1 aromatic carbocycles. The average Bonchev–Trinajstić information content (AvgIpc) is 2.89. The molecule has 0 aliphatic heterocycles. The van der Waals surface area contributed by atoms with Gasteiger partial charge in [-0.2, -0.15) is 0 Å². The number of halogens is 1. The normalized spacial score (nSPS) is 10.9. The van der Waals surface area contributed by atoms with Crippen LogP contribution in [0.3, 0.4) is 0 Å². The molecule has 3 aromatic rings. The Morgan fingerprint density at radius 2 is 2.25 bits per heavy atom. The molecule has 3 rings (SSSR count). The first-order chi connectivity index (χ1) is 9.63. The van der Waals surface area contributed by atoms with Crippen LogP contribution < -0.4 is 10.9 Å². The topological polar surface area (TPSA) is 57.8 Å². The number of anilines is 1. The predicted molar refractivity (Wildman–Crippen MR) is 86.4 cm³/mol. The van der Waals surface area contributed by atoms with Gasteiger partial charge in [0.25, 0.3) is 5.56 Å². The number of rotatable bonds is 3. The van der Waals surface area contributed by atoms with E-state index in [9.17, 15) is 4.79 Å². The van der Waals surface area contributed by atoms with Crippen LogP contribution in [-0.2, 0) is 6.54 Å². The van der Waals surface area contributed by atoms with Crippen LogP contribution >= 0.6 is 27.3 Å².